The molecule has 3 rings (SSSR count). The van der Waals surface area contributed by atoms with E-state index in [1.807, 2.05) is 5.38 Å². The van der Waals surface area contributed by atoms with Crippen molar-refractivity contribution in [3.63, 3.8) is 0 Å². The number of anilines is 1. The number of ether oxygens (including phenoxy) is 2. The van der Waals surface area contributed by atoms with Crippen LogP contribution in [0, 0.1) is 0 Å². The summed E-state index contributed by atoms with van der Waals surface area (Å²) in [6.07, 6.45) is 0.965. The minimum absolute atomic E-state index is 0.558. The number of benzene rings is 1. The van der Waals surface area contributed by atoms with Gasteiger partial charge in [0.2, 0.25) is 0 Å². The molecule has 4 nitrogen and oxygen atoms in total. The molecule has 0 atom stereocenters. The van der Waals surface area contributed by atoms with Gasteiger partial charge >= 0.3 is 0 Å². The first-order valence-corrected chi connectivity index (χ1v) is 7.56. The fourth-order valence-corrected chi connectivity index (χ4v) is 3.41. The van der Waals surface area contributed by atoms with E-state index in [0.29, 0.717) is 5.15 Å². The Kier molecular flexibility index (Phi) is 3.72. The normalized spacial score (nSPS) is 14.1. The first kappa shape index (κ1) is 13.5. The largest absolute Gasteiger partial charge is 0.493 e. The number of methoxy groups -OCH3 is 2. The van der Waals surface area contributed by atoms with Gasteiger partial charge < -0.3 is 14.4 Å². The standard InChI is InChI=1S/C14H15ClN2O2S/c1-18-11-5-9-3-4-17(14-16-13(15)8-20-14)7-10(9)6-12(11)19-2/h5-6,8H,3-4,7H2,1-2H3. The number of fused-ring (bicyclic) bond motifs is 1. The quantitative estimate of drug-likeness (QED) is 0.870. The van der Waals surface area contributed by atoms with Gasteiger partial charge in [-0.25, -0.2) is 4.98 Å². The molecule has 0 fully saturated rings. The highest BCUT2D eigenvalue weighted by Crippen LogP contribution is 2.35. The SMILES string of the molecule is COc1cc2c(cc1OC)CN(c1nc(Cl)cs1)CC2. The first-order valence-electron chi connectivity index (χ1n) is 6.31. The van der Waals surface area contributed by atoms with Gasteiger partial charge in [0.15, 0.2) is 16.6 Å². The summed E-state index contributed by atoms with van der Waals surface area (Å²) in [6, 6.07) is 4.12. The van der Waals surface area contributed by atoms with Gasteiger partial charge in [0.25, 0.3) is 0 Å². The zero-order chi connectivity index (χ0) is 14.1. The molecule has 0 unspecified atom stereocenters. The molecule has 2 heterocycles. The number of halogens is 1. The highest BCUT2D eigenvalue weighted by Gasteiger charge is 2.21. The molecule has 0 saturated heterocycles. The minimum Gasteiger partial charge on any atom is -0.493 e. The Bertz CT molecular complexity index is 630. The van der Waals surface area contributed by atoms with Crippen LogP contribution in [0.1, 0.15) is 11.1 Å². The van der Waals surface area contributed by atoms with Crippen LogP contribution in [-0.4, -0.2) is 25.7 Å². The Morgan fingerprint density at radius 2 is 1.90 bits per heavy atom. The molecule has 0 amide bonds. The fourth-order valence-electron chi connectivity index (χ4n) is 2.44. The van der Waals surface area contributed by atoms with Gasteiger partial charge in [-0.15, -0.1) is 11.3 Å². The van der Waals surface area contributed by atoms with E-state index in [-0.39, 0.29) is 0 Å². The summed E-state index contributed by atoms with van der Waals surface area (Å²) in [7, 11) is 3.32. The summed E-state index contributed by atoms with van der Waals surface area (Å²) in [5.74, 6) is 1.56. The molecular formula is C14H15ClN2O2S. The van der Waals surface area contributed by atoms with Crippen molar-refractivity contribution >= 4 is 28.1 Å². The second kappa shape index (κ2) is 5.50. The van der Waals surface area contributed by atoms with E-state index in [0.717, 1.165) is 36.1 Å². The topological polar surface area (TPSA) is 34.6 Å². The van der Waals surface area contributed by atoms with Gasteiger partial charge in [-0.05, 0) is 29.7 Å². The molecule has 2 aromatic rings. The Hall–Kier alpha value is -1.46. The Morgan fingerprint density at radius 3 is 2.50 bits per heavy atom. The van der Waals surface area contributed by atoms with E-state index in [2.05, 4.69) is 22.0 Å². The number of hydrogen-bond donors (Lipinski definition) is 0. The lowest BCUT2D eigenvalue weighted by atomic mass is 9.99. The number of rotatable bonds is 3. The number of thiazole rings is 1. The van der Waals surface area contributed by atoms with Crippen molar-refractivity contribution in [2.24, 2.45) is 0 Å². The van der Waals surface area contributed by atoms with Crippen molar-refractivity contribution in [2.75, 3.05) is 25.7 Å². The van der Waals surface area contributed by atoms with E-state index < -0.39 is 0 Å². The highest BCUT2D eigenvalue weighted by atomic mass is 35.5. The van der Waals surface area contributed by atoms with Gasteiger partial charge in [0.1, 0.15) is 5.15 Å². The molecule has 1 aliphatic heterocycles. The average Bonchev–Trinajstić information content (AvgIpc) is 2.91. The predicted molar refractivity (Wildman–Crippen MR) is 81.4 cm³/mol. The molecular weight excluding hydrogens is 296 g/mol. The molecule has 1 aromatic carbocycles. The van der Waals surface area contributed by atoms with Crippen molar-refractivity contribution < 1.29 is 9.47 Å². The van der Waals surface area contributed by atoms with Crippen LogP contribution in [0.5, 0.6) is 11.5 Å². The number of nitrogens with zero attached hydrogens (tertiary/aromatic N) is 2. The van der Waals surface area contributed by atoms with E-state index >= 15 is 0 Å². The Labute approximate surface area is 126 Å². The van der Waals surface area contributed by atoms with Crippen LogP contribution in [0.4, 0.5) is 5.13 Å². The molecule has 1 aliphatic rings. The van der Waals surface area contributed by atoms with Gasteiger partial charge in [0.05, 0.1) is 14.2 Å². The zero-order valence-electron chi connectivity index (χ0n) is 11.4. The summed E-state index contributed by atoms with van der Waals surface area (Å²) in [4.78, 5) is 6.58. The zero-order valence-corrected chi connectivity index (χ0v) is 12.9. The number of aromatic nitrogens is 1. The Morgan fingerprint density at radius 1 is 1.20 bits per heavy atom. The molecule has 0 bridgehead atoms. The van der Waals surface area contributed by atoms with Gasteiger partial charge in [-0.2, -0.15) is 0 Å². The van der Waals surface area contributed by atoms with Crippen LogP contribution in [0.2, 0.25) is 5.15 Å². The summed E-state index contributed by atoms with van der Waals surface area (Å²) >= 11 is 7.48. The predicted octanol–water partition coefficient (Wildman–Crippen LogP) is 3.38. The molecule has 0 N–H and O–H groups in total. The fraction of sp³-hybridized carbons (Fsp3) is 0.357. The molecule has 20 heavy (non-hydrogen) atoms. The van der Waals surface area contributed by atoms with Crippen molar-refractivity contribution in [2.45, 2.75) is 13.0 Å². The summed E-state index contributed by atoms with van der Waals surface area (Å²) in [5.41, 5.74) is 2.56. The third-order valence-corrected chi connectivity index (χ3v) is 4.68. The van der Waals surface area contributed by atoms with E-state index in [9.17, 15) is 0 Å². The van der Waals surface area contributed by atoms with Crippen LogP contribution in [0.25, 0.3) is 0 Å². The average molecular weight is 311 g/mol. The van der Waals surface area contributed by atoms with Gasteiger partial charge in [-0.3, -0.25) is 0 Å². The lowest BCUT2D eigenvalue weighted by molar-refractivity contribution is 0.353. The number of hydrogen-bond acceptors (Lipinski definition) is 5. The maximum absolute atomic E-state index is 5.90. The van der Waals surface area contributed by atoms with Crippen LogP contribution >= 0.6 is 22.9 Å². The summed E-state index contributed by atoms with van der Waals surface area (Å²) < 4.78 is 10.7. The van der Waals surface area contributed by atoms with Crippen molar-refractivity contribution in [1.29, 1.82) is 0 Å². The highest BCUT2D eigenvalue weighted by molar-refractivity contribution is 7.14. The molecule has 0 aliphatic carbocycles. The van der Waals surface area contributed by atoms with Crippen LogP contribution in [0.15, 0.2) is 17.5 Å². The molecule has 0 saturated carbocycles. The first-order chi connectivity index (χ1) is 9.71. The van der Waals surface area contributed by atoms with Gasteiger partial charge in [0, 0.05) is 18.5 Å². The van der Waals surface area contributed by atoms with Crippen molar-refractivity contribution in [3.05, 3.63) is 33.8 Å². The van der Waals surface area contributed by atoms with Crippen LogP contribution < -0.4 is 14.4 Å². The third kappa shape index (κ3) is 2.43. The second-order valence-electron chi connectivity index (χ2n) is 4.60. The van der Waals surface area contributed by atoms with Crippen LogP contribution in [-0.2, 0) is 13.0 Å². The molecule has 6 heteroatoms. The van der Waals surface area contributed by atoms with Crippen LogP contribution in [0.3, 0.4) is 0 Å². The lowest BCUT2D eigenvalue weighted by Gasteiger charge is -2.29. The van der Waals surface area contributed by atoms with Crippen molar-refractivity contribution in [3.8, 4) is 11.5 Å². The summed E-state index contributed by atoms with van der Waals surface area (Å²) in [6.45, 7) is 1.76. The third-order valence-electron chi connectivity index (χ3n) is 3.45. The second-order valence-corrected chi connectivity index (χ2v) is 5.82. The molecule has 1 aromatic heterocycles. The summed E-state index contributed by atoms with van der Waals surface area (Å²) in [5, 5.41) is 3.39. The smallest absolute Gasteiger partial charge is 0.187 e. The van der Waals surface area contributed by atoms with E-state index in [1.165, 1.54) is 11.1 Å². The maximum atomic E-state index is 5.90. The van der Waals surface area contributed by atoms with Crippen molar-refractivity contribution in [1.82, 2.24) is 4.98 Å². The maximum Gasteiger partial charge on any atom is 0.187 e. The molecule has 0 radical (unpaired) electrons. The lowest BCUT2D eigenvalue weighted by Crippen LogP contribution is -2.30. The molecule has 106 valence electrons. The Balaban J connectivity index is 1.90. The monoisotopic (exact) mass is 310 g/mol. The minimum atomic E-state index is 0.558. The van der Waals surface area contributed by atoms with Gasteiger partial charge in [-0.1, -0.05) is 11.6 Å². The van der Waals surface area contributed by atoms with E-state index in [1.54, 1.807) is 25.6 Å². The van der Waals surface area contributed by atoms with E-state index in [4.69, 9.17) is 21.1 Å². The molecule has 0 spiro atoms.